The number of carbonyl (C=O) groups is 2. The van der Waals surface area contributed by atoms with Gasteiger partial charge in [0.05, 0.1) is 11.1 Å². The molecule has 6 N–H and O–H groups in total. The van der Waals surface area contributed by atoms with Crippen LogP contribution in [0.25, 0.3) is 22.3 Å². The highest BCUT2D eigenvalue weighted by Crippen LogP contribution is 2.32. The van der Waals surface area contributed by atoms with Gasteiger partial charge in [0.25, 0.3) is 0 Å². The molecule has 0 radical (unpaired) electrons. The lowest BCUT2D eigenvalue weighted by molar-refractivity contribution is 0.0687. The van der Waals surface area contributed by atoms with Gasteiger partial charge >= 0.3 is 11.9 Å². The molecule has 0 fully saturated rings. The first-order valence-electron chi connectivity index (χ1n) is 7.73. The van der Waals surface area contributed by atoms with E-state index in [1.165, 1.54) is 24.3 Å². The lowest BCUT2D eigenvalue weighted by Crippen LogP contribution is -2.02. The standard InChI is InChI=1S/C20H16N2O4/c21-13-4-6-15(19(23)24)17(9-13)11-2-1-3-12(8-11)18-10-14(22)5-7-16(18)20(25)26/h1-10H,21-22H2,(H,23,24)(H,25,26). The third-order valence-corrected chi connectivity index (χ3v) is 4.03. The SMILES string of the molecule is Nc1ccc(C(=O)O)c(-c2cccc(-c3cc(N)ccc3C(=O)O)c2)c1. The highest BCUT2D eigenvalue weighted by molar-refractivity contribution is 5.99. The zero-order chi connectivity index (χ0) is 18.8. The number of aromatic carboxylic acids is 2. The molecule has 0 aliphatic carbocycles. The Bertz CT molecular complexity index is 949. The monoisotopic (exact) mass is 348 g/mol. The van der Waals surface area contributed by atoms with E-state index in [9.17, 15) is 19.8 Å². The Kier molecular flexibility index (Phi) is 4.33. The molecule has 0 spiro atoms. The van der Waals surface area contributed by atoms with Crippen molar-refractivity contribution < 1.29 is 19.8 Å². The van der Waals surface area contributed by atoms with Crippen LogP contribution < -0.4 is 11.5 Å². The van der Waals surface area contributed by atoms with Gasteiger partial charge in [0.2, 0.25) is 0 Å². The van der Waals surface area contributed by atoms with Crippen molar-refractivity contribution in [3.63, 3.8) is 0 Å². The van der Waals surface area contributed by atoms with Crippen molar-refractivity contribution in [2.45, 2.75) is 0 Å². The Morgan fingerprint density at radius 2 is 1.08 bits per heavy atom. The third-order valence-electron chi connectivity index (χ3n) is 4.03. The van der Waals surface area contributed by atoms with Crippen LogP contribution in [0.4, 0.5) is 11.4 Å². The Balaban J connectivity index is 2.21. The van der Waals surface area contributed by atoms with Crippen LogP contribution in [0.3, 0.4) is 0 Å². The summed E-state index contributed by atoms with van der Waals surface area (Å²) < 4.78 is 0. The molecule has 0 aromatic heterocycles. The van der Waals surface area contributed by atoms with Crippen LogP contribution in [-0.4, -0.2) is 22.2 Å². The maximum atomic E-state index is 11.5. The third kappa shape index (κ3) is 3.21. The molecule has 0 aliphatic heterocycles. The molecule has 0 bridgehead atoms. The van der Waals surface area contributed by atoms with Crippen molar-refractivity contribution >= 4 is 23.3 Å². The van der Waals surface area contributed by atoms with Gasteiger partial charge < -0.3 is 21.7 Å². The van der Waals surface area contributed by atoms with E-state index in [2.05, 4.69) is 0 Å². The van der Waals surface area contributed by atoms with Crippen molar-refractivity contribution in [3.8, 4) is 22.3 Å². The van der Waals surface area contributed by atoms with Gasteiger partial charge in [0, 0.05) is 11.4 Å². The van der Waals surface area contributed by atoms with E-state index >= 15 is 0 Å². The molecule has 6 heteroatoms. The number of carboxylic acids is 2. The molecule has 0 atom stereocenters. The van der Waals surface area contributed by atoms with E-state index in [1.54, 1.807) is 36.4 Å². The summed E-state index contributed by atoms with van der Waals surface area (Å²) in [7, 11) is 0. The first-order chi connectivity index (χ1) is 12.4. The lowest BCUT2D eigenvalue weighted by atomic mass is 9.93. The number of nitrogen functional groups attached to an aromatic ring is 2. The maximum absolute atomic E-state index is 11.5. The highest BCUT2D eigenvalue weighted by Gasteiger charge is 2.15. The van der Waals surface area contributed by atoms with Crippen molar-refractivity contribution in [1.29, 1.82) is 0 Å². The summed E-state index contributed by atoms with van der Waals surface area (Å²) in [6.45, 7) is 0. The van der Waals surface area contributed by atoms with Crippen LogP contribution in [0.15, 0.2) is 60.7 Å². The second-order valence-corrected chi connectivity index (χ2v) is 5.80. The first-order valence-corrected chi connectivity index (χ1v) is 7.73. The molecule has 0 saturated heterocycles. The minimum absolute atomic E-state index is 0.113. The summed E-state index contributed by atoms with van der Waals surface area (Å²) in [6, 6.07) is 16.1. The number of anilines is 2. The fraction of sp³-hybridized carbons (Fsp3) is 0. The first kappa shape index (κ1) is 17.0. The summed E-state index contributed by atoms with van der Waals surface area (Å²) in [5.74, 6) is -2.14. The number of carboxylic acid groups (broad SMARTS) is 2. The fourth-order valence-corrected chi connectivity index (χ4v) is 2.83. The smallest absolute Gasteiger partial charge is 0.336 e. The molecule has 0 saturated carbocycles. The topological polar surface area (TPSA) is 127 Å². The van der Waals surface area contributed by atoms with E-state index in [-0.39, 0.29) is 11.1 Å². The van der Waals surface area contributed by atoms with Crippen molar-refractivity contribution in [3.05, 3.63) is 71.8 Å². The molecule has 6 nitrogen and oxygen atoms in total. The van der Waals surface area contributed by atoms with Crippen molar-refractivity contribution in [2.75, 3.05) is 11.5 Å². The summed E-state index contributed by atoms with van der Waals surface area (Å²) in [6.07, 6.45) is 0. The maximum Gasteiger partial charge on any atom is 0.336 e. The van der Waals surface area contributed by atoms with Gasteiger partial charge in [-0.3, -0.25) is 0 Å². The number of benzene rings is 3. The quantitative estimate of drug-likeness (QED) is 0.534. The predicted octanol–water partition coefficient (Wildman–Crippen LogP) is 3.58. The molecular weight excluding hydrogens is 332 g/mol. The van der Waals surface area contributed by atoms with Gasteiger partial charge in [-0.1, -0.05) is 18.2 Å². The van der Waals surface area contributed by atoms with Gasteiger partial charge in [0.1, 0.15) is 0 Å². The average molecular weight is 348 g/mol. The van der Waals surface area contributed by atoms with Gasteiger partial charge in [-0.2, -0.15) is 0 Å². The van der Waals surface area contributed by atoms with Crippen LogP contribution in [0.1, 0.15) is 20.7 Å². The normalized spacial score (nSPS) is 10.5. The number of hydrogen-bond acceptors (Lipinski definition) is 4. The van der Waals surface area contributed by atoms with Crippen molar-refractivity contribution in [2.24, 2.45) is 0 Å². The fourth-order valence-electron chi connectivity index (χ4n) is 2.83. The Labute approximate surface area is 149 Å². The number of nitrogens with two attached hydrogens (primary N) is 2. The lowest BCUT2D eigenvalue weighted by Gasteiger charge is -2.12. The Morgan fingerprint density at radius 1 is 0.654 bits per heavy atom. The van der Waals surface area contributed by atoms with Gasteiger partial charge in [-0.15, -0.1) is 0 Å². The summed E-state index contributed by atoms with van der Waals surface area (Å²) in [5, 5.41) is 18.8. The second-order valence-electron chi connectivity index (χ2n) is 5.80. The minimum Gasteiger partial charge on any atom is -0.478 e. The molecule has 3 aromatic carbocycles. The Morgan fingerprint density at radius 3 is 1.46 bits per heavy atom. The van der Waals surface area contributed by atoms with E-state index in [0.29, 0.717) is 33.6 Å². The highest BCUT2D eigenvalue weighted by atomic mass is 16.4. The average Bonchev–Trinajstić information content (AvgIpc) is 2.61. The number of hydrogen-bond donors (Lipinski definition) is 4. The van der Waals surface area contributed by atoms with E-state index < -0.39 is 11.9 Å². The summed E-state index contributed by atoms with van der Waals surface area (Å²) in [5.41, 5.74) is 14.9. The van der Waals surface area contributed by atoms with Crippen LogP contribution in [0, 0.1) is 0 Å². The van der Waals surface area contributed by atoms with Gasteiger partial charge in [-0.25, -0.2) is 9.59 Å². The molecule has 3 aromatic rings. The minimum atomic E-state index is -1.07. The molecule has 130 valence electrons. The summed E-state index contributed by atoms with van der Waals surface area (Å²) >= 11 is 0. The van der Waals surface area contributed by atoms with Gasteiger partial charge in [0.15, 0.2) is 0 Å². The molecule has 0 amide bonds. The zero-order valence-electron chi connectivity index (χ0n) is 13.6. The second kappa shape index (κ2) is 6.60. The number of rotatable bonds is 4. The van der Waals surface area contributed by atoms with E-state index in [4.69, 9.17) is 11.5 Å². The van der Waals surface area contributed by atoms with Crippen LogP contribution >= 0.6 is 0 Å². The Hall–Kier alpha value is -3.80. The molecule has 0 heterocycles. The van der Waals surface area contributed by atoms with Crippen LogP contribution in [-0.2, 0) is 0 Å². The van der Waals surface area contributed by atoms with Crippen molar-refractivity contribution in [1.82, 2.24) is 0 Å². The van der Waals surface area contributed by atoms with Gasteiger partial charge in [-0.05, 0) is 64.7 Å². The molecule has 0 unspecified atom stereocenters. The predicted molar refractivity (Wildman–Crippen MR) is 100 cm³/mol. The van der Waals surface area contributed by atoms with E-state index in [0.717, 1.165) is 0 Å². The van der Waals surface area contributed by atoms with Crippen LogP contribution in [0.5, 0.6) is 0 Å². The zero-order valence-corrected chi connectivity index (χ0v) is 13.6. The van der Waals surface area contributed by atoms with E-state index in [1.807, 2.05) is 0 Å². The molecule has 26 heavy (non-hydrogen) atoms. The molecule has 0 aliphatic rings. The van der Waals surface area contributed by atoms with Crippen LogP contribution in [0.2, 0.25) is 0 Å². The summed E-state index contributed by atoms with van der Waals surface area (Å²) in [4.78, 5) is 23.0. The largest absolute Gasteiger partial charge is 0.478 e. The molecular formula is C20H16N2O4. The molecule has 3 rings (SSSR count).